The molecular weight excluding hydrogens is 241 g/mol. The van der Waals surface area contributed by atoms with Crippen LogP contribution in [0.2, 0.25) is 0 Å². The molecule has 0 aliphatic rings. The lowest BCUT2D eigenvalue weighted by Gasteiger charge is -2.13. The van der Waals surface area contributed by atoms with E-state index in [9.17, 15) is 9.18 Å². The second-order valence-electron chi connectivity index (χ2n) is 4.74. The average Bonchev–Trinajstić information content (AvgIpc) is 2.41. The first kappa shape index (κ1) is 13.3. The fourth-order valence-corrected chi connectivity index (χ4v) is 1.88. The molecule has 2 aromatic carbocycles. The third-order valence-electron chi connectivity index (χ3n) is 3.04. The molecule has 0 saturated carbocycles. The van der Waals surface area contributed by atoms with Crippen LogP contribution in [-0.4, -0.2) is 19.9 Å². The number of hydrogen-bond donors (Lipinski definition) is 0. The van der Waals surface area contributed by atoms with Gasteiger partial charge < -0.3 is 4.90 Å². The number of nitrogens with zero attached hydrogens (tertiary/aromatic N) is 1. The van der Waals surface area contributed by atoms with Crippen LogP contribution in [0.15, 0.2) is 42.5 Å². The molecule has 0 aromatic heterocycles. The molecule has 0 unspecified atom stereocenters. The summed E-state index contributed by atoms with van der Waals surface area (Å²) in [5, 5.41) is 0. The maximum absolute atomic E-state index is 13.2. The van der Waals surface area contributed by atoms with Crippen LogP contribution in [0.4, 0.5) is 10.1 Å². The number of rotatable bonds is 3. The Bertz CT molecular complexity index is 620. The summed E-state index contributed by atoms with van der Waals surface area (Å²) in [6, 6.07) is 11.8. The Morgan fingerprint density at radius 1 is 1.05 bits per heavy atom. The third-order valence-corrected chi connectivity index (χ3v) is 3.04. The molecule has 0 heterocycles. The van der Waals surface area contributed by atoms with Gasteiger partial charge in [-0.3, -0.25) is 4.79 Å². The van der Waals surface area contributed by atoms with Crippen LogP contribution in [0.3, 0.4) is 0 Å². The van der Waals surface area contributed by atoms with E-state index in [2.05, 4.69) is 0 Å². The highest BCUT2D eigenvalue weighted by molar-refractivity contribution is 6.09. The van der Waals surface area contributed by atoms with E-state index in [4.69, 9.17) is 0 Å². The molecule has 0 atom stereocenters. The van der Waals surface area contributed by atoms with Crippen molar-refractivity contribution in [2.45, 2.75) is 6.92 Å². The number of aryl methyl sites for hydroxylation is 1. The summed E-state index contributed by atoms with van der Waals surface area (Å²) in [4.78, 5) is 14.3. The zero-order valence-electron chi connectivity index (χ0n) is 11.3. The molecule has 0 bridgehead atoms. The summed E-state index contributed by atoms with van der Waals surface area (Å²) < 4.78 is 13.2. The van der Waals surface area contributed by atoms with Gasteiger partial charge in [-0.2, -0.15) is 0 Å². The van der Waals surface area contributed by atoms with Gasteiger partial charge in [0.15, 0.2) is 5.78 Å². The zero-order valence-corrected chi connectivity index (χ0v) is 11.3. The highest BCUT2D eigenvalue weighted by Gasteiger charge is 2.11. The maximum atomic E-state index is 13.2. The van der Waals surface area contributed by atoms with Crippen LogP contribution in [0, 0.1) is 12.7 Å². The van der Waals surface area contributed by atoms with Crippen molar-refractivity contribution in [3.8, 4) is 0 Å². The Hall–Kier alpha value is -2.16. The lowest BCUT2D eigenvalue weighted by molar-refractivity contribution is 0.103. The molecule has 0 aliphatic carbocycles. The number of carbonyl (C=O) groups is 1. The van der Waals surface area contributed by atoms with Crippen molar-refractivity contribution in [3.63, 3.8) is 0 Å². The Kier molecular flexibility index (Phi) is 3.65. The summed E-state index contributed by atoms with van der Waals surface area (Å²) in [5.41, 5.74) is 2.56. The molecule has 0 amide bonds. The summed E-state index contributed by atoms with van der Waals surface area (Å²) in [6.07, 6.45) is 0. The van der Waals surface area contributed by atoms with Gasteiger partial charge in [0, 0.05) is 30.9 Å². The first-order chi connectivity index (χ1) is 8.99. The van der Waals surface area contributed by atoms with E-state index in [1.165, 1.54) is 12.1 Å². The molecule has 19 heavy (non-hydrogen) atoms. The quantitative estimate of drug-likeness (QED) is 0.785. The van der Waals surface area contributed by atoms with E-state index in [1.54, 1.807) is 19.1 Å². The van der Waals surface area contributed by atoms with Crippen molar-refractivity contribution in [2.24, 2.45) is 0 Å². The number of anilines is 1. The van der Waals surface area contributed by atoms with Gasteiger partial charge in [-0.1, -0.05) is 12.1 Å². The molecule has 2 rings (SSSR count). The predicted molar refractivity (Wildman–Crippen MR) is 75.3 cm³/mol. The van der Waals surface area contributed by atoms with E-state index in [-0.39, 0.29) is 11.6 Å². The summed E-state index contributed by atoms with van der Waals surface area (Å²) in [5.74, 6) is -0.384. The van der Waals surface area contributed by atoms with Crippen molar-refractivity contribution < 1.29 is 9.18 Å². The van der Waals surface area contributed by atoms with Gasteiger partial charge in [-0.25, -0.2) is 4.39 Å². The van der Waals surface area contributed by atoms with Crippen LogP contribution >= 0.6 is 0 Å². The van der Waals surface area contributed by atoms with Gasteiger partial charge in [0.1, 0.15) is 5.82 Å². The highest BCUT2D eigenvalue weighted by atomic mass is 19.1. The van der Waals surface area contributed by atoms with Gasteiger partial charge in [0.2, 0.25) is 0 Å². The summed E-state index contributed by atoms with van der Waals surface area (Å²) >= 11 is 0. The number of hydrogen-bond acceptors (Lipinski definition) is 2. The standard InChI is InChI=1S/C16H16FNO/c1-11-9-13(7-8-15(11)17)16(19)12-5-4-6-14(10-12)18(2)3/h4-10H,1-3H3. The minimum Gasteiger partial charge on any atom is -0.378 e. The van der Waals surface area contributed by atoms with Gasteiger partial charge in [-0.05, 0) is 42.8 Å². The minimum absolute atomic E-state index is 0.0909. The van der Waals surface area contributed by atoms with Crippen LogP contribution in [0.1, 0.15) is 21.5 Å². The molecule has 3 heteroatoms. The molecular formula is C16H16FNO. The Balaban J connectivity index is 2.38. The first-order valence-electron chi connectivity index (χ1n) is 6.07. The molecule has 0 spiro atoms. The monoisotopic (exact) mass is 257 g/mol. The molecule has 0 aliphatic heterocycles. The van der Waals surface area contributed by atoms with Crippen LogP contribution in [-0.2, 0) is 0 Å². The predicted octanol–water partition coefficient (Wildman–Crippen LogP) is 3.43. The van der Waals surface area contributed by atoms with Crippen molar-refractivity contribution >= 4 is 11.5 Å². The molecule has 0 saturated heterocycles. The van der Waals surface area contributed by atoms with Gasteiger partial charge in [0.05, 0.1) is 0 Å². The SMILES string of the molecule is Cc1cc(C(=O)c2cccc(N(C)C)c2)ccc1F. The molecule has 98 valence electrons. The molecule has 0 N–H and O–H groups in total. The van der Waals surface area contributed by atoms with Crippen molar-refractivity contribution in [1.29, 1.82) is 0 Å². The molecule has 0 radical (unpaired) electrons. The number of ketones is 1. The smallest absolute Gasteiger partial charge is 0.193 e. The number of benzene rings is 2. The largest absolute Gasteiger partial charge is 0.378 e. The molecule has 0 fully saturated rings. The van der Waals surface area contributed by atoms with Crippen molar-refractivity contribution in [1.82, 2.24) is 0 Å². The minimum atomic E-state index is -0.293. The van der Waals surface area contributed by atoms with E-state index in [0.29, 0.717) is 16.7 Å². The van der Waals surface area contributed by atoms with E-state index < -0.39 is 0 Å². The fourth-order valence-electron chi connectivity index (χ4n) is 1.88. The highest BCUT2D eigenvalue weighted by Crippen LogP contribution is 2.18. The van der Waals surface area contributed by atoms with Gasteiger partial charge >= 0.3 is 0 Å². The lowest BCUT2D eigenvalue weighted by Crippen LogP contribution is -2.10. The summed E-state index contributed by atoms with van der Waals surface area (Å²) in [6.45, 7) is 1.66. The van der Waals surface area contributed by atoms with Gasteiger partial charge in [-0.15, -0.1) is 0 Å². The van der Waals surface area contributed by atoms with Gasteiger partial charge in [0.25, 0.3) is 0 Å². The fraction of sp³-hybridized carbons (Fsp3) is 0.188. The average molecular weight is 257 g/mol. The number of carbonyl (C=O) groups excluding carboxylic acids is 1. The van der Waals surface area contributed by atoms with Crippen molar-refractivity contribution in [2.75, 3.05) is 19.0 Å². The Labute approximate surface area is 112 Å². The van der Waals surface area contributed by atoms with Crippen molar-refractivity contribution in [3.05, 3.63) is 65.0 Å². The topological polar surface area (TPSA) is 20.3 Å². The number of halogens is 1. The molecule has 2 nitrogen and oxygen atoms in total. The summed E-state index contributed by atoms with van der Waals surface area (Å²) in [7, 11) is 3.84. The maximum Gasteiger partial charge on any atom is 0.193 e. The first-order valence-corrected chi connectivity index (χ1v) is 6.07. The van der Waals surface area contributed by atoms with Crippen LogP contribution in [0.25, 0.3) is 0 Å². The van der Waals surface area contributed by atoms with Crippen LogP contribution in [0.5, 0.6) is 0 Å². The third kappa shape index (κ3) is 2.81. The van der Waals surface area contributed by atoms with E-state index >= 15 is 0 Å². The Morgan fingerprint density at radius 2 is 1.74 bits per heavy atom. The second-order valence-corrected chi connectivity index (χ2v) is 4.74. The van der Waals surface area contributed by atoms with E-state index in [0.717, 1.165) is 5.69 Å². The lowest BCUT2D eigenvalue weighted by atomic mass is 10.0. The van der Waals surface area contributed by atoms with Crippen LogP contribution < -0.4 is 4.90 Å². The Morgan fingerprint density at radius 3 is 2.37 bits per heavy atom. The zero-order chi connectivity index (χ0) is 14.0. The molecule has 2 aromatic rings. The van der Waals surface area contributed by atoms with E-state index in [1.807, 2.05) is 37.2 Å². The normalized spacial score (nSPS) is 10.3. The second kappa shape index (κ2) is 5.22.